The molecule has 4 aliphatic rings. The Labute approximate surface area is 634 Å². The van der Waals surface area contributed by atoms with E-state index in [2.05, 4.69) is 323 Å². The van der Waals surface area contributed by atoms with Crippen LogP contribution in [0.1, 0.15) is 0 Å². The molecular weight excluding hydrogens is 1440 g/mol. The Hall–Kier alpha value is -13.5. The zero-order valence-corrected chi connectivity index (χ0v) is 61.6. The molecule has 0 saturated carbocycles. The summed E-state index contributed by atoms with van der Waals surface area (Å²) in [6.07, 6.45) is 0. The van der Waals surface area contributed by atoms with Gasteiger partial charge in [-0.25, -0.2) is 0 Å². The number of benzene rings is 16. The monoisotopic (exact) mass is 1500 g/mol. The van der Waals surface area contributed by atoms with Gasteiger partial charge < -0.3 is 0 Å². The Balaban J connectivity index is 0.732. The normalized spacial score (nSPS) is 13.4. The molecule has 0 radical (unpaired) electrons. The second kappa shape index (κ2) is 23.3. The van der Waals surface area contributed by atoms with Crippen LogP contribution in [-0.2, 0) is 0 Å². The maximum absolute atomic E-state index is 7.04. The van der Waals surface area contributed by atoms with Crippen LogP contribution in [0, 0.1) is 0 Å². The van der Waals surface area contributed by atoms with E-state index in [1.54, 1.807) is 22.7 Å². The van der Waals surface area contributed by atoms with Gasteiger partial charge in [-0.05, 0) is 0 Å². The molecule has 512 valence electrons. The van der Waals surface area contributed by atoms with E-state index in [1.165, 1.54) is 48.5 Å². The number of hydrogen-bond donors (Lipinski definition) is 0. The summed E-state index contributed by atoms with van der Waals surface area (Å²) < 4.78 is 50.7. The average Bonchev–Trinajstić information content (AvgIpc) is 1.51. The summed E-state index contributed by atoms with van der Waals surface area (Å²) in [5.41, 5.74) is 14.8. The molecule has 8 heterocycles. The van der Waals surface area contributed by atoms with Crippen LogP contribution < -0.4 is 56.1 Å². The molecule has 0 N–H and O–H groups in total. The Kier molecular flexibility index (Phi) is 13.0. The zero-order valence-electron chi connectivity index (χ0n) is 57.9. The summed E-state index contributed by atoms with van der Waals surface area (Å²) in [5, 5.41) is 8.70. The van der Waals surface area contributed by atoms with Gasteiger partial charge in [0.1, 0.15) is 0 Å². The van der Waals surface area contributed by atoms with Crippen LogP contribution in [0.2, 0.25) is 0 Å². The second-order valence-corrected chi connectivity index (χ2v) is 38.2. The first-order chi connectivity index (χ1) is 54.0. The predicted octanol–water partition coefficient (Wildman–Crippen LogP) is 25.9. The molecule has 24 rings (SSSR count). The van der Waals surface area contributed by atoms with Gasteiger partial charge in [0.05, 0.1) is 0 Å². The third kappa shape index (κ3) is 8.84. The van der Waals surface area contributed by atoms with Crippen molar-refractivity contribution in [3.63, 3.8) is 0 Å². The summed E-state index contributed by atoms with van der Waals surface area (Å²) in [5.74, 6) is 6.34. The van der Waals surface area contributed by atoms with Crippen molar-refractivity contribution in [2.24, 2.45) is 0 Å². The Morgan fingerprint density at radius 3 is 0.853 bits per heavy atom. The van der Waals surface area contributed by atoms with E-state index >= 15 is 0 Å². The van der Waals surface area contributed by atoms with Crippen molar-refractivity contribution in [2.75, 3.05) is 19.6 Å². The molecule has 13 heteroatoms. The van der Waals surface area contributed by atoms with E-state index in [1.807, 2.05) is 36.4 Å². The third-order valence-electron chi connectivity index (χ3n) is 22.4. The van der Waals surface area contributed by atoms with Gasteiger partial charge in [-0.3, -0.25) is 0 Å². The maximum atomic E-state index is 7.04. The van der Waals surface area contributed by atoms with Crippen molar-refractivity contribution < 1.29 is 27.8 Å². The molecule has 0 saturated heterocycles. The van der Waals surface area contributed by atoms with Crippen molar-refractivity contribution in [2.45, 2.75) is 0 Å². The number of fused-ring (bicyclic) bond motifs is 24. The van der Waals surface area contributed by atoms with Crippen molar-refractivity contribution >= 4 is 206 Å². The molecule has 0 spiro atoms. The first-order valence-corrected chi connectivity index (χ1v) is 42.3. The fourth-order valence-electron chi connectivity index (χ4n) is 17.6. The molecule has 20 aromatic rings. The number of nitrogens with zero attached hydrogens (tertiary/aromatic N) is 4. The standard InChI is InChI=1S/C96H56GeN4O6S2/c1-9-25-79-69(19-1)89-85(102-79)55-53-75-91(89)104-81-27-11-5-21-71(81)98(75)61-41-33-57(34-42-61)97(58-35-43-62(44-36-58)99-72-22-6-12-28-82(72)105-92-76(99)54-56-86-90(92)70-20-2-10-26-80(70)103-86,59-37-45-63(46-38-59)100-73-23-7-13-29-83(73)106-93-77(100)51-49-67-65-17-3-15-31-87(65)108-95(67)93)60-39-47-64(48-40-60)101-74-24-8-14-30-84(74)107-94-78(101)52-50-68-66-18-4-16-32-88(66)109-96(68)94/h1-56H. The number of hydrogen-bond acceptors (Lipinski definition) is 12. The van der Waals surface area contributed by atoms with Gasteiger partial charge in [0.2, 0.25) is 0 Å². The third-order valence-corrected chi connectivity index (χ3v) is 34.8. The van der Waals surface area contributed by atoms with E-state index in [0.29, 0.717) is 0 Å². The topological polar surface area (TPSA) is 76.2 Å². The van der Waals surface area contributed by atoms with Crippen LogP contribution in [0.5, 0.6) is 46.0 Å². The van der Waals surface area contributed by atoms with Crippen molar-refractivity contribution in [1.82, 2.24) is 0 Å². The quantitative estimate of drug-likeness (QED) is 0.137. The molecule has 0 fully saturated rings. The molecule has 0 unspecified atom stereocenters. The van der Waals surface area contributed by atoms with Gasteiger partial charge >= 0.3 is 639 Å². The van der Waals surface area contributed by atoms with Crippen LogP contribution in [0.3, 0.4) is 0 Å². The molecule has 4 aliphatic heterocycles. The number of anilines is 12. The molecule has 16 aromatic carbocycles. The van der Waals surface area contributed by atoms with Gasteiger partial charge in [-0.1, -0.05) is 0 Å². The first-order valence-electron chi connectivity index (χ1n) is 36.5. The molecular formula is C96H56GeN4O6S2. The summed E-state index contributed by atoms with van der Waals surface area (Å²) in [6, 6.07) is 123. The fourth-order valence-corrected chi connectivity index (χ4v) is 29.7. The van der Waals surface area contributed by atoms with Gasteiger partial charge in [0, 0.05) is 0 Å². The van der Waals surface area contributed by atoms with E-state index in [9.17, 15) is 0 Å². The first kappa shape index (κ1) is 60.7. The minimum atomic E-state index is -4.48. The van der Waals surface area contributed by atoms with Gasteiger partial charge in [-0.2, -0.15) is 0 Å². The van der Waals surface area contributed by atoms with Crippen molar-refractivity contribution in [1.29, 1.82) is 0 Å². The molecule has 0 atom stereocenters. The van der Waals surface area contributed by atoms with Crippen LogP contribution in [0.25, 0.3) is 84.2 Å². The van der Waals surface area contributed by atoms with E-state index in [0.717, 1.165) is 168 Å². The van der Waals surface area contributed by atoms with Gasteiger partial charge in [-0.15, -0.1) is 0 Å². The Morgan fingerprint density at radius 1 is 0.211 bits per heavy atom. The molecule has 0 aliphatic carbocycles. The fraction of sp³-hybridized carbons (Fsp3) is 0. The summed E-state index contributed by atoms with van der Waals surface area (Å²) in [4.78, 5) is 9.46. The van der Waals surface area contributed by atoms with E-state index < -0.39 is 13.3 Å². The van der Waals surface area contributed by atoms with E-state index in [-0.39, 0.29) is 0 Å². The minimum absolute atomic E-state index is 0.753. The predicted molar refractivity (Wildman–Crippen MR) is 449 cm³/mol. The van der Waals surface area contributed by atoms with Crippen LogP contribution in [0.4, 0.5) is 68.2 Å². The number of ether oxygens (including phenoxy) is 4. The second-order valence-electron chi connectivity index (χ2n) is 28.1. The molecule has 10 nitrogen and oxygen atoms in total. The van der Waals surface area contributed by atoms with Crippen LogP contribution in [-0.4, -0.2) is 13.3 Å². The molecule has 4 aromatic heterocycles. The SMILES string of the molecule is c1ccc2c(c1)Oc1c(ccc3c1sc1ccccc13)N2c1cc[c]([Ge]([c]2ccc(N3c4ccccc4Oc4c3ccc3c4sc4ccccc43)cc2)([c]2ccc(N3c4ccccc4Oc4c3ccc3oc5ccccc5c43)cc2)[c]2ccc(N3c4ccccc4Oc4c3ccc3oc5ccccc5c43)cc2)cc1. The average molecular weight is 1500 g/mol. The van der Waals surface area contributed by atoms with E-state index in [4.69, 9.17) is 27.8 Å². The summed E-state index contributed by atoms with van der Waals surface area (Å²) in [6.45, 7) is 0. The van der Waals surface area contributed by atoms with Gasteiger partial charge in [0.15, 0.2) is 0 Å². The van der Waals surface area contributed by atoms with Crippen LogP contribution >= 0.6 is 22.7 Å². The Bertz CT molecular complexity index is 6800. The number of thiophene rings is 2. The Morgan fingerprint density at radius 2 is 0.495 bits per heavy atom. The van der Waals surface area contributed by atoms with Crippen molar-refractivity contribution in [3.8, 4) is 46.0 Å². The molecule has 0 amide bonds. The number of para-hydroxylation sites is 10. The molecule has 0 bridgehead atoms. The number of rotatable bonds is 8. The molecule has 109 heavy (non-hydrogen) atoms. The summed E-state index contributed by atoms with van der Waals surface area (Å²) >= 11 is -0.919. The zero-order chi connectivity index (χ0) is 71.2. The van der Waals surface area contributed by atoms with Crippen molar-refractivity contribution in [3.05, 3.63) is 340 Å². The number of furan rings is 2. The summed E-state index contributed by atoms with van der Waals surface area (Å²) in [7, 11) is 0. The van der Waals surface area contributed by atoms with Gasteiger partial charge in [0.25, 0.3) is 0 Å². The van der Waals surface area contributed by atoms with Crippen LogP contribution in [0.15, 0.2) is 349 Å².